The van der Waals surface area contributed by atoms with E-state index in [-0.39, 0.29) is 0 Å². The molecule has 0 saturated heterocycles. The summed E-state index contributed by atoms with van der Waals surface area (Å²) in [6.07, 6.45) is 1.87. The van der Waals surface area contributed by atoms with Gasteiger partial charge in [0, 0.05) is 33.4 Å². The predicted molar refractivity (Wildman–Crippen MR) is 75.2 cm³/mol. The Labute approximate surface area is 111 Å². The lowest BCUT2D eigenvalue weighted by atomic mass is 10.3. The van der Waals surface area contributed by atoms with Crippen molar-refractivity contribution < 1.29 is 14.2 Å². The molecule has 1 aromatic rings. The lowest BCUT2D eigenvalue weighted by Gasteiger charge is -2.06. The number of benzene rings is 1. The van der Waals surface area contributed by atoms with Crippen molar-refractivity contribution in [3.63, 3.8) is 0 Å². The minimum atomic E-state index is 0.703. The SMILES string of the molecule is CC.COCCCOCCCOc1ccccc1. The maximum atomic E-state index is 5.53. The number of hydrogen-bond donors (Lipinski definition) is 0. The van der Waals surface area contributed by atoms with Crippen LogP contribution < -0.4 is 4.74 Å². The number of methoxy groups -OCH3 is 1. The molecule has 3 nitrogen and oxygen atoms in total. The molecule has 0 aliphatic rings. The first-order valence-corrected chi connectivity index (χ1v) is 6.68. The molecule has 3 heteroatoms. The van der Waals surface area contributed by atoms with Gasteiger partial charge in [0.2, 0.25) is 0 Å². The average molecular weight is 254 g/mol. The molecular formula is C15H26O3. The molecule has 104 valence electrons. The molecule has 0 spiro atoms. The monoisotopic (exact) mass is 254 g/mol. The minimum Gasteiger partial charge on any atom is -0.494 e. The van der Waals surface area contributed by atoms with Crippen molar-refractivity contribution >= 4 is 0 Å². The molecular weight excluding hydrogens is 228 g/mol. The molecule has 18 heavy (non-hydrogen) atoms. The Morgan fingerprint density at radius 2 is 1.44 bits per heavy atom. The van der Waals surface area contributed by atoms with Crippen molar-refractivity contribution in [1.29, 1.82) is 0 Å². The molecule has 0 unspecified atom stereocenters. The van der Waals surface area contributed by atoms with Gasteiger partial charge in [-0.3, -0.25) is 0 Å². The lowest BCUT2D eigenvalue weighted by molar-refractivity contribution is 0.0940. The van der Waals surface area contributed by atoms with E-state index >= 15 is 0 Å². The lowest BCUT2D eigenvalue weighted by Crippen LogP contribution is -2.05. The van der Waals surface area contributed by atoms with Gasteiger partial charge >= 0.3 is 0 Å². The molecule has 0 atom stereocenters. The molecule has 0 aromatic heterocycles. The largest absolute Gasteiger partial charge is 0.494 e. The Kier molecular flexibility index (Phi) is 13.2. The van der Waals surface area contributed by atoms with Crippen LogP contribution >= 0.6 is 0 Å². The van der Waals surface area contributed by atoms with Gasteiger partial charge in [0.05, 0.1) is 6.61 Å². The van der Waals surface area contributed by atoms with Crippen LogP contribution in [-0.2, 0) is 9.47 Å². The average Bonchev–Trinajstić information content (AvgIpc) is 2.45. The summed E-state index contributed by atoms with van der Waals surface area (Å²) in [7, 11) is 1.70. The van der Waals surface area contributed by atoms with E-state index in [0.717, 1.165) is 38.4 Å². The predicted octanol–water partition coefficient (Wildman–Crippen LogP) is 3.53. The minimum absolute atomic E-state index is 0.703. The van der Waals surface area contributed by atoms with Gasteiger partial charge in [-0.1, -0.05) is 32.0 Å². The summed E-state index contributed by atoms with van der Waals surface area (Å²) in [6, 6.07) is 9.83. The fourth-order valence-electron chi connectivity index (χ4n) is 1.28. The van der Waals surface area contributed by atoms with Crippen molar-refractivity contribution in [1.82, 2.24) is 0 Å². The smallest absolute Gasteiger partial charge is 0.119 e. The van der Waals surface area contributed by atoms with Gasteiger partial charge in [0.1, 0.15) is 5.75 Å². The molecule has 0 saturated carbocycles. The van der Waals surface area contributed by atoms with Crippen molar-refractivity contribution in [3.05, 3.63) is 30.3 Å². The van der Waals surface area contributed by atoms with E-state index < -0.39 is 0 Å². The van der Waals surface area contributed by atoms with Crippen LogP contribution in [0.1, 0.15) is 26.7 Å². The van der Waals surface area contributed by atoms with Crippen LogP contribution in [0.15, 0.2) is 30.3 Å². The van der Waals surface area contributed by atoms with E-state index in [1.807, 2.05) is 44.2 Å². The normalized spacial score (nSPS) is 9.50. The molecule has 0 fully saturated rings. The van der Waals surface area contributed by atoms with Crippen LogP contribution in [0.5, 0.6) is 5.75 Å². The molecule has 1 rings (SSSR count). The molecule has 0 radical (unpaired) electrons. The van der Waals surface area contributed by atoms with Gasteiger partial charge in [0.15, 0.2) is 0 Å². The molecule has 1 aromatic carbocycles. The van der Waals surface area contributed by atoms with Crippen LogP contribution in [0.2, 0.25) is 0 Å². The zero-order chi connectivity index (χ0) is 13.5. The van der Waals surface area contributed by atoms with Gasteiger partial charge in [0.25, 0.3) is 0 Å². The topological polar surface area (TPSA) is 27.7 Å². The summed E-state index contributed by atoms with van der Waals surface area (Å²) in [4.78, 5) is 0. The summed E-state index contributed by atoms with van der Waals surface area (Å²) >= 11 is 0. The first-order valence-electron chi connectivity index (χ1n) is 6.68. The van der Waals surface area contributed by atoms with Crippen molar-refractivity contribution in [2.75, 3.05) is 33.5 Å². The quantitative estimate of drug-likeness (QED) is 0.631. The summed E-state index contributed by atoms with van der Waals surface area (Å²) in [6.45, 7) is 6.98. The highest BCUT2D eigenvalue weighted by Gasteiger charge is 1.92. The third-order valence-electron chi connectivity index (χ3n) is 2.08. The Balaban J connectivity index is 0.00000137. The number of para-hydroxylation sites is 1. The van der Waals surface area contributed by atoms with Crippen molar-refractivity contribution in [3.8, 4) is 5.75 Å². The number of rotatable bonds is 9. The van der Waals surface area contributed by atoms with Crippen molar-refractivity contribution in [2.45, 2.75) is 26.7 Å². The van der Waals surface area contributed by atoms with E-state index in [2.05, 4.69) is 0 Å². The third kappa shape index (κ3) is 10.1. The highest BCUT2D eigenvalue weighted by atomic mass is 16.5. The van der Waals surface area contributed by atoms with E-state index in [0.29, 0.717) is 6.61 Å². The summed E-state index contributed by atoms with van der Waals surface area (Å²) < 4.78 is 15.9. The summed E-state index contributed by atoms with van der Waals surface area (Å²) in [5.41, 5.74) is 0. The Morgan fingerprint density at radius 3 is 2.06 bits per heavy atom. The van der Waals surface area contributed by atoms with Crippen LogP contribution in [0.4, 0.5) is 0 Å². The van der Waals surface area contributed by atoms with E-state index in [1.54, 1.807) is 7.11 Å². The standard InChI is InChI=1S/C13H20O3.C2H6/c1-14-9-5-10-15-11-6-12-16-13-7-3-2-4-8-13;1-2/h2-4,7-8H,5-6,9-12H2,1H3;1-2H3. The second kappa shape index (κ2) is 14.0. The van der Waals surface area contributed by atoms with Crippen LogP contribution in [0.25, 0.3) is 0 Å². The van der Waals surface area contributed by atoms with Crippen LogP contribution in [0, 0.1) is 0 Å². The molecule has 0 aliphatic carbocycles. The fraction of sp³-hybridized carbons (Fsp3) is 0.600. The summed E-state index contributed by atoms with van der Waals surface area (Å²) in [5, 5.41) is 0. The first-order chi connectivity index (χ1) is 8.93. The molecule has 0 heterocycles. The highest BCUT2D eigenvalue weighted by Crippen LogP contribution is 2.08. The fourth-order valence-corrected chi connectivity index (χ4v) is 1.28. The van der Waals surface area contributed by atoms with Crippen LogP contribution in [0.3, 0.4) is 0 Å². The molecule has 0 aliphatic heterocycles. The molecule has 0 bridgehead atoms. The maximum Gasteiger partial charge on any atom is 0.119 e. The van der Waals surface area contributed by atoms with E-state index in [9.17, 15) is 0 Å². The second-order valence-corrected chi connectivity index (χ2v) is 3.47. The Morgan fingerprint density at radius 1 is 0.833 bits per heavy atom. The zero-order valence-electron chi connectivity index (χ0n) is 11.9. The van der Waals surface area contributed by atoms with Gasteiger partial charge < -0.3 is 14.2 Å². The Hall–Kier alpha value is -1.06. The van der Waals surface area contributed by atoms with Gasteiger partial charge in [-0.2, -0.15) is 0 Å². The van der Waals surface area contributed by atoms with Gasteiger partial charge in [-0.25, -0.2) is 0 Å². The molecule has 0 amide bonds. The summed E-state index contributed by atoms with van der Waals surface area (Å²) in [5.74, 6) is 0.918. The number of hydrogen-bond acceptors (Lipinski definition) is 3. The van der Waals surface area contributed by atoms with Gasteiger partial charge in [-0.05, 0) is 18.6 Å². The maximum absolute atomic E-state index is 5.53. The highest BCUT2D eigenvalue weighted by molar-refractivity contribution is 5.20. The third-order valence-corrected chi connectivity index (χ3v) is 2.08. The van der Waals surface area contributed by atoms with Crippen LogP contribution in [-0.4, -0.2) is 33.5 Å². The molecule has 0 N–H and O–H groups in total. The van der Waals surface area contributed by atoms with Crippen molar-refractivity contribution in [2.24, 2.45) is 0 Å². The van der Waals surface area contributed by atoms with E-state index in [4.69, 9.17) is 14.2 Å². The first kappa shape index (κ1) is 16.9. The van der Waals surface area contributed by atoms with E-state index in [1.165, 1.54) is 0 Å². The zero-order valence-corrected chi connectivity index (χ0v) is 11.9. The number of ether oxygens (including phenoxy) is 3. The van der Waals surface area contributed by atoms with Gasteiger partial charge in [-0.15, -0.1) is 0 Å². The second-order valence-electron chi connectivity index (χ2n) is 3.47. The Bertz CT molecular complexity index is 249.